The molecule has 0 aromatic heterocycles. The molecule has 0 unspecified atom stereocenters. The molecule has 15 heteroatoms. The van der Waals surface area contributed by atoms with Crippen molar-refractivity contribution in [2.24, 2.45) is 17.8 Å². The summed E-state index contributed by atoms with van der Waals surface area (Å²) in [6, 6.07) is 5.74. The number of hydrogen-bond acceptors (Lipinski definition) is 6. The van der Waals surface area contributed by atoms with E-state index in [-0.39, 0.29) is 31.2 Å². The van der Waals surface area contributed by atoms with E-state index in [9.17, 15) is 46.1 Å². The van der Waals surface area contributed by atoms with Gasteiger partial charge in [0, 0.05) is 17.1 Å². The highest BCUT2D eigenvalue weighted by atomic mass is 79.9. The highest BCUT2D eigenvalue weighted by molar-refractivity contribution is 9.10. The summed E-state index contributed by atoms with van der Waals surface area (Å²) >= 11 is 3.41. The fourth-order valence-electron chi connectivity index (χ4n) is 7.16. The van der Waals surface area contributed by atoms with E-state index in [2.05, 4.69) is 15.9 Å². The number of aromatic hydroxyl groups is 1. The zero-order valence-corrected chi connectivity index (χ0v) is 27.6. The van der Waals surface area contributed by atoms with Gasteiger partial charge in [-0.1, -0.05) is 40.9 Å². The van der Waals surface area contributed by atoms with Gasteiger partial charge in [-0.25, -0.2) is 4.90 Å². The predicted molar refractivity (Wildman–Crippen MR) is 169 cm³/mol. The Hall–Kier alpha value is -3.14. The van der Waals surface area contributed by atoms with E-state index in [1.165, 1.54) is 7.11 Å². The van der Waals surface area contributed by atoms with Crippen LogP contribution in [0, 0.1) is 17.8 Å². The molecule has 0 spiro atoms. The number of carbonyl (C=O) groups is 2. The second-order valence-electron chi connectivity index (χ2n) is 12.3. The van der Waals surface area contributed by atoms with Gasteiger partial charge in [0.05, 0.1) is 41.4 Å². The fraction of sp³-hybridized carbons (Fsp3) is 0.455. The molecule has 2 aromatic rings. The zero-order chi connectivity index (χ0) is 35.1. The maximum absolute atomic E-state index is 13.9. The molecule has 2 fully saturated rings. The van der Waals surface area contributed by atoms with Gasteiger partial charge in [0.1, 0.15) is 5.75 Å². The molecule has 5 rings (SSSR count). The molecular weight excluding hydrogens is 711 g/mol. The third kappa shape index (κ3) is 7.38. The molecule has 2 aromatic carbocycles. The number of phenolic OH excluding ortho intramolecular Hbond substituents is 1. The lowest BCUT2D eigenvalue weighted by atomic mass is 9.58. The lowest BCUT2D eigenvalue weighted by Crippen LogP contribution is -2.46. The van der Waals surface area contributed by atoms with Crippen molar-refractivity contribution in [2.75, 3.05) is 18.6 Å². The fourth-order valence-corrected chi connectivity index (χ4v) is 7.54. The van der Waals surface area contributed by atoms with Gasteiger partial charge < -0.3 is 19.5 Å². The number of carbonyl (C=O) groups excluding carboxylic acids is 2. The number of fused-ring (bicyclic) bond motifs is 3. The second kappa shape index (κ2) is 14.0. The molecule has 7 nitrogen and oxygen atoms in total. The van der Waals surface area contributed by atoms with Crippen LogP contribution >= 0.6 is 15.9 Å². The molecule has 258 valence electrons. The van der Waals surface area contributed by atoms with E-state index in [4.69, 9.17) is 9.39 Å². The molecule has 2 saturated heterocycles. The molecule has 2 aliphatic heterocycles. The van der Waals surface area contributed by atoms with Crippen LogP contribution in [0.25, 0.3) is 6.08 Å². The van der Waals surface area contributed by atoms with Gasteiger partial charge in [-0.3, -0.25) is 9.59 Å². The van der Waals surface area contributed by atoms with E-state index in [0.717, 1.165) is 16.5 Å². The van der Waals surface area contributed by atoms with Crippen molar-refractivity contribution in [3.05, 3.63) is 74.3 Å². The predicted octanol–water partition coefficient (Wildman–Crippen LogP) is 7.80. The van der Waals surface area contributed by atoms with E-state index in [1.54, 1.807) is 18.2 Å². The number of phenols is 1. The SMILES string of the molecule is CCC/C(=C\c1cc(Br)ccc1O)CC[C@H]1OB(O)C[C@H]2C1=C(COC)C[C@H]1C(=O)N(c3cc(C(F)(F)F)cc(C(F)(F)F)c3)C(=O)[C@H]12. The van der Waals surface area contributed by atoms with E-state index in [1.807, 2.05) is 13.0 Å². The van der Waals surface area contributed by atoms with Crippen LogP contribution < -0.4 is 4.90 Å². The van der Waals surface area contributed by atoms with Crippen LogP contribution in [0.1, 0.15) is 55.7 Å². The summed E-state index contributed by atoms with van der Waals surface area (Å²) in [5, 5.41) is 21.2. The number of ether oxygens (including phenoxy) is 1. The monoisotopic (exact) mass is 743 g/mol. The van der Waals surface area contributed by atoms with Crippen LogP contribution in [-0.4, -0.2) is 48.9 Å². The largest absolute Gasteiger partial charge is 0.507 e. The van der Waals surface area contributed by atoms with E-state index in [0.29, 0.717) is 53.0 Å². The van der Waals surface area contributed by atoms with Crippen molar-refractivity contribution >= 4 is 46.6 Å². The normalized spacial score (nSPS) is 23.6. The summed E-state index contributed by atoms with van der Waals surface area (Å²) in [7, 11) is 0.0885. The highest BCUT2D eigenvalue weighted by Crippen LogP contribution is 2.52. The number of methoxy groups -OCH3 is 1. The molecule has 0 radical (unpaired) electrons. The Kier molecular flexibility index (Phi) is 10.5. The van der Waals surface area contributed by atoms with Crippen LogP contribution in [0.3, 0.4) is 0 Å². The summed E-state index contributed by atoms with van der Waals surface area (Å²) in [5.74, 6) is -4.74. The Bertz CT molecular complexity index is 1610. The minimum Gasteiger partial charge on any atom is -0.507 e. The first-order chi connectivity index (χ1) is 22.5. The molecule has 2 amide bonds. The molecule has 0 saturated carbocycles. The number of amides is 2. The number of rotatable bonds is 9. The standard InChI is InChI=1S/C33H33BBrF6NO6/c1-3-4-17(9-18-10-22(35)6-7-26(18)43)5-8-27-28-19(16-47-2)11-24-29(25(28)15-34(46)48-27)31(45)42(30(24)44)23-13-20(32(36,37)38)12-21(14-23)33(39,40)41/h6-7,9-10,12-14,24-25,27,29,43,46H,3-5,8,11,15-16H2,1-2H3/b17-9+/t24-,25+,27-,29-/m1/s1. The molecule has 4 atom stereocenters. The van der Waals surface area contributed by atoms with Gasteiger partial charge in [0.2, 0.25) is 11.8 Å². The number of allylic oxidation sites excluding steroid dienone is 1. The van der Waals surface area contributed by atoms with Gasteiger partial charge in [-0.15, -0.1) is 0 Å². The molecule has 3 aliphatic rings. The topological polar surface area (TPSA) is 96.3 Å². The minimum atomic E-state index is -5.17. The summed E-state index contributed by atoms with van der Waals surface area (Å²) < 4.78 is 94.1. The number of alkyl halides is 6. The maximum Gasteiger partial charge on any atom is 0.455 e. The lowest BCUT2D eigenvalue weighted by molar-refractivity contribution is -0.143. The summed E-state index contributed by atoms with van der Waals surface area (Å²) in [6.45, 7) is 2.04. The Morgan fingerprint density at radius 2 is 1.71 bits per heavy atom. The maximum atomic E-state index is 13.9. The first-order valence-electron chi connectivity index (χ1n) is 15.4. The average molecular weight is 744 g/mol. The number of benzene rings is 2. The van der Waals surface area contributed by atoms with Crippen LogP contribution in [0.2, 0.25) is 6.32 Å². The average Bonchev–Trinajstić information content (AvgIpc) is 3.25. The van der Waals surface area contributed by atoms with Gasteiger partial charge in [0.15, 0.2) is 0 Å². The molecular formula is C33H33BBrF6NO6. The first-order valence-corrected chi connectivity index (χ1v) is 16.2. The van der Waals surface area contributed by atoms with Gasteiger partial charge >= 0.3 is 19.5 Å². The number of imide groups is 1. The van der Waals surface area contributed by atoms with E-state index >= 15 is 0 Å². The van der Waals surface area contributed by atoms with Crippen molar-refractivity contribution < 1.29 is 55.5 Å². The van der Waals surface area contributed by atoms with Crippen LogP contribution in [0.4, 0.5) is 32.0 Å². The van der Waals surface area contributed by atoms with Gasteiger partial charge in [-0.2, -0.15) is 26.3 Å². The summed E-state index contributed by atoms with van der Waals surface area (Å²) in [6.07, 6.45) is -6.99. The Morgan fingerprint density at radius 1 is 1.04 bits per heavy atom. The highest BCUT2D eigenvalue weighted by Gasteiger charge is 2.58. The van der Waals surface area contributed by atoms with Crippen molar-refractivity contribution in [2.45, 2.75) is 63.8 Å². The van der Waals surface area contributed by atoms with Crippen molar-refractivity contribution in [1.82, 2.24) is 0 Å². The molecule has 2 heterocycles. The third-order valence-corrected chi connectivity index (χ3v) is 9.60. The third-order valence-electron chi connectivity index (χ3n) is 9.11. The van der Waals surface area contributed by atoms with E-state index < -0.39 is 72.0 Å². The number of nitrogens with zero attached hydrogens (tertiary/aromatic N) is 1. The first kappa shape index (κ1) is 36.2. The lowest BCUT2D eigenvalue weighted by Gasteiger charge is -2.43. The van der Waals surface area contributed by atoms with Gasteiger partial charge in [-0.05, 0) is 85.5 Å². The van der Waals surface area contributed by atoms with Crippen molar-refractivity contribution in [3.63, 3.8) is 0 Å². The number of halogens is 7. The Morgan fingerprint density at radius 3 is 2.31 bits per heavy atom. The number of hydrogen-bond donors (Lipinski definition) is 2. The van der Waals surface area contributed by atoms with Gasteiger partial charge in [0.25, 0.3) is 0 Å². The van der Waals surface area contributed by atoms with Crippen molar-refractivity contribution in [3.8, 4) is 5.75 Å². The summed E-state index contributed by atoms with van der Waals surface area (Å²) in [4.78, 5) is 28.1. The summed E-state index contributed by atoms with van der Waals surface area (Å²) in [5.41, 5.74) is -1.23. The zero-order valence-electron chi connectivity index (χ0n) is 26.0. The van der Waals surface area contributed by atoms with Crippen LogP contribution in [0.15, 0.2) is 57.6 Å². The quantitative estimate of drug-likeness (QED) is 0.118. The molecule has 1 aliphatic carbocycles. The molecule has 48 heavy (non-hydrogen) atoms. The molecule has 0 bridgehead atoms. The second-order valence-corrected chi connectivity index (χ2v) is 13.2. The molecule has 2 N–H and O–H groups in total. The smallest absolute Gasteiger partial charge is 0.455 e. The van der Waals surface area contributed by atoms with Crippen LogP contribution in [0.5, 0.6) is 5.75 Å². The van der Waals surface area contributed by atoms with Crippen molar-refractivity contribution in [1.29, 1.82) is 0 Å². The Labute approximate surface area is 281 Å². The van der Waals surface area contributed by atoms with Crippen LogP contribution in [-0.2, 0) is 31.3 Å². The Balaban J connectivity index is 1.50. The number of anilines is 1. The minimum absolute atomic E-state index is 0.0178.